The van der Waals surface area contributed by atoms with Crippen LogP contribution in [0.5, 0.6) is 0 Å². The molecule has 0 aliphatic carbocycles. The molecule has 0 atom stereocenters. The van der Waals surface area contributed by atoms with E-state index in [0.717, 1.165) is 16.8 Å². The third kappa shape index (κ3) is 3.05. The fourth-order valence-corrected chi connectivity index (χ4v) is 1.78. The summed E-state index contributed by atoms with van der Waals surface area (Å²) in [5, 5.41) is 12.2. The van der Waals surface area contributed by atoms with Gasteiger partial charge in [0.05, 0.1) is 5.41 Å². The van der Waals surface area contributed by atoms with E-state index in [1.807, 2.05) is 25.1 Å². The molecule has 5 nitrogen and oxygen atoms in total. The smallest absolute Gasteiger partial charge is 0.309 e. The maximum absolute atomic E-state index is 11.0. The summed E-state index contributed by atoms with van der Waals surface area (Å²) in [4.78, 5) is 15.2. The van der Waals surface area contributed by atoms with Crippen LogP contribution in [-0.2, 0) is 4.79 Å². The number of benzene rings is 1. The molecule has 1 heterocycles. The number of hydrogen-bond acceptors (Lipinski definition) is 4. The van der Waals surface area contributed by atoms with Gasteiger partial charge >= 0.3 is 5.97 Å². The molecule has 0 bridgehead atoms. The molecule has 0 amide bonds. The number of carboxylic acids is 1. The number of rotatable bonds is 5. The number of fused-ring (bicyclic) bond motifs is 1. The van der Waals surface area contributed by atoms with Crippen molar-refractivity contribution in [2.45, 2.75) is 27.2 Å². The van der Waals surface area contributed by atoms with Gasteiger partial charge in [-0.2, -0.15) is 0 Å². The van der Waals surface area contributed by atoms with Crippen molar-refractivity contribution in [2.24, 2.45) is 5.41 Å². The van der Waals surface area contributed by atoms with E-state index < -0.39 is 11.4 Å². The number of carbonyl (C=O) groups is 1. The number of oxazole rings is 1. The van der Waals surface area contributed by atoms with Crippen LogP contribution >= 0.6 is 0 Å². The van der Waals surface area contributed by atoms with E-state index in [2.05, 4.69) is 10.3 Å². The second kappa shape index (κ2) is 4.91. The number of aliphatic carboxylic acids is 1. The summed E-state index contributed by atoms with van der Waals surface area (Å²) in [5.74, 6) is -0.144. The van der Waals surface area contributed by atoms with E-state index in [-0.39, 0.29) is 0 Å². The molecule has 2 rings (SSSR count). The number of nitrogens with one attached hydrogen (secondary N) is 1. The highest BCUT2D eigenvalue weighted by Crippen LogP contribution is 2.22. The zero-order chi connectivity index (χ0) is 14.0. The second-order valence-electron chi connectivity index (χ2n) is 5.28. The first kappa shape index (κ1) is 13.4. The first-order chi connectivity index (χ1) is 8.88. The van der Waals surface area contributed by atoms with E-state index in [1.165, 1.54) is 0 Å². The Labute approximate surface area is 111 Å². The minimum atomic E-state index is -0.782. The number of aromatic nitrogens is 1. The lowest BCUT2D eigenvalue weighted by Gasteiger charge is -2.19. The number of carboxylic acid groups (broad SMARTS) is 1. The van der Waals surface area contributed by atoms with Crippen molar-refractivity contribution in [2.75, 3.05) is 11.9 Å². The van der Waals surface area contributed by atoms with Gasteiger partial charge in [-0.3, -0.25) is 4.79 Å². The molecule has 0 fully saturated rings. The third-order valence-electron chi connectivity index (χ3n) is 3.15. The highest BCUT2D eigenvalue weighted by molar-refractivity contribution is 5.77. The van der Waals surface area contributed by atoms with E-state index in [0.29, 0.717) is 18.9 Å². The van der Waals surface area contributed by atoms with Gasteiger partial charge in [-0.25, -0.2) is 4.98 Å². The maximum atomic E-state index is 11.0. The minimum Gasteiger partial charge on any atom is -0.481 e. The van der Waals surface area contributed by atoms with Gasteiger partial charge in [0.2, 0.25) is 0 Å². The first-order valence-corrected chi connectivity index (χ1v) is 6.23. The molecular weight excluding hydrogens is 244 g/mol. The summed E-state index contributed by atoms with van der Waals surface area (Å²) in [7, 11) is 0. The fourth-order valence-electron chi connectivity index (χ4n) is 1.78. The van der Waals surface area contributed by atoms with E-state index in [1.54, 1.807) is 13.8 Å². The molecule has 2 N–H and O–H groups in total. The van der Waals surface area contributed by atoms with E-state index in [4.69, 9.17) is 9.52 Å². The standard InChI is InChI=1S/C14H18N2O3/c1-9-16-11-5-4-10(8-12(11)19-9)15-7-6-14(2,3)13(17)18/h4-5,8,15H,6-7H2,1-3H3,(H,17,18). The van der Waals surface area contributed by atoms with Crippen molar-refractivity contribution in [3.8, 4) is 0 Å². The lowest BCUT2D eigenvalue weighted by Crippen LogP contribution is -2.26. The Morgan fingerprint density at radius 3 is 2.89 bits per heavy atom. The predicted octanol–water partition coefficient (Wildman–Crippen LogP) is 3.05. The fraction of sp³-hybridized carbons (Fsp3) is 0.429. The summed E-state index contributed by atoms with van der Waals surface area (Å²) in [6.45, 7) is 5.85. The number of anilines is 1. The van der Waals surface area contributed by atoms with Crippen LogP contribution in [0.1, 0.15) is 26.2 Å². The molecule has 1 aromatic carbocycles. The van der Waals surface area contributed by atoms with Gasteiger partial charge < -0.3 is 14.8 Å². The minimum absolute atomic E-state index is 0.551. The van der Waals surface area contributed by atoms with E-state index >= 15 is 0 Å². The molecule has 5 heteroatoms. The molecule has 2 aromatic rings. The predicted molar refractivity (Wildman–Crippen MR) is 73.3 cm³/mol. The summed E-state index contributed by atoms with van der Waals surface area (Å²) in [5.41, 5.74) is 1.75. The topological polar surface area (TPSA) is 75.4 Å². The summed E-state index contributed by atoms with van der Waals surface area (Å²) in [6.07, 6.45) is 0.551. The average molecular weight is 262 g/mol. The first-order valence-electron chi connectivity index (χ1n) is 6.23. The lowest BCUT2D eigenvalue weighted by atomic mass is 9.90. The van der Waals surface area contributed by atoms with Crippen molar-refractivity contribution >= 4 is 22.8 Å². The molecule has 1 aromatic heterocycles. The Bertz CT molecular complexity index is 602. The van der Waals surface area contributed by atoms with Crippen LogP contribution in [0.3, 0.4) is 0 Å². The Balaban J connectivity index is 2.00. The van der Waals surface area contributed by atoms with Gasteiger partial charge in [0.15, 0.2) is 11.5 Å². The number of nitrogens with zero attached hydrogens (tertiary/aromatic N) is 1. The SMILES string of the molecule is Cc1nc2ccc(NCCC(C)(C)C(=O)O)cc2o1. The normalized spacial score (nSPS) is 11.7. The van der Waals surface area contributed by atoms with Crippen molar-refractivity contribution in [1.82, 2.24) is 4.98 Å². The van der Waals surface area contributed by atoms with Crippen LogP contribution in [0.15, 0.2) is 22.6 Å². The second-order valence-corrected chi connectivity index (χ2v) is 5.28. The lowest BCUT2D eigenvalue weighted by molar-refractivity contribution is -0.147. The van der Waals surface area contributed by atoms with Crippen LogP contribution in [0, 0.1) is 12.3 Å². The highest BCUT2D eigenvalue weighted by atomic mass is 16.4. The van der Waals surface area contributed by atoms with Gasteiger partial charge in [0.25, 0.3) is 0 Å². The molecular formula is C14H18N2O3. The van der Waals surface area contributed by atoms with Crippen molar-refractivity contribution < 1.29 is 14.3 Å². The number of aryl methyl sites for hydroxylation is 1. The molecule has 0 spiro atoms. The van der Waals surface area contributed by atoms with Crippen LogP contribution in [0.2, 0.25) is 0 Å². The van der Waals surface area contributed by atoms with Gasteiger partial charge in [0, 0.05) is 25.2 Å². The summed E-state index contributed by atoms with van der Waals surface area (Å²) in [6, 6.07) is 5.68. The Morgan fingerprint density at radius 1 is 1.47 bits per heavy atom. The quantitative estimate of drug-likeness (QED) is 0.866. The van der Waals surface area contributed by atoms with E-state index in [9.17, 15) is 4.79 Å². The largest absolute Gasteiger partial charge is 0.481 e. The van der Waals surface area contributed by atoms with Gasteiger partial charge in [-0.15, -0.1) is 0 Å². The number of hydrogen-bond donors (Lipinski definition) is 2. The third-order valence-corrected chi connectivity index (χ3v) is 3.15. The van der Waals surface area contributed by atoms with Crippen molar-refractivity contribution in [3.05, 3.63) is 24.1 Å². The molecule has 0 radical (unpaired) electrons. The Morgan fingerprint density at radius 2 is 2.21 bits per heavy atom. The Hall–Kier alpha value is -2.04. The monoisotopic (exact) mass is 262 g/mol. The van der Waals surface area contributed by atoms with Gasteiger partial charge in [-0.05, 0) is 32.4 Å². The molecule has 0 saturated carbocycles. The van der Waals surface area contributed by atoms with Crippen LogP contribution in [-0.4, -0.2) is 22.6 Å². The molecule has 0 aliphatic heterocycles. The maximum Gasteiger partial charge on any atom is 0.309 e. The summed E-state index contributed by atoms with van der Waals surface area (Å²) >= 11 is 0. The average Bonchev–Trinajstić information content (AvgIpc) is 2.68. The molecule has 0 unspecified atom stereocenters. The van der Waals surface area contributed by atoms with Gasteiger partial charge in [0.1, 0.15) is 5.52 Å². The molecule has 19 heavy (non-hydrogen) atoms. The van der Waals surface area contributed by atoms with Crippen LogP contribution in [0.25, 0.3) is 11.1 Å². The highest BCUT2D eigenvalue weighted by Gasteiger charge is 2.26. The molecule has 102 valence electrons. The van der Waals surface area contributed by atoms with Crippen molar-refractivity contribution in [1.29, 1.82) is 0 Å². The zero-order valence-corrected chi connectivity index (χ0v) is 11.4. The van der Waals surface area contributed by atoms with Crippen LogP contribution in [0.4, 0.5) is 5.69 Å². The summed E-state index contributed by atoms with van der Waals surface area (Å²) < 4.78 is 5.45. The van der Waals surface area contributed by atoms with Crippen LogP contribution < -0.4 is 5.32 Å². The zero-order valence-electron chi connectivity index (χ0n) is 11.4. The Kier molecular flexibility index (Phi) is 3.46. The van der Waals surface area contributed by atoms with Crippen molar-refractivity contribution in [3.63, 3.8) is 0 Å². The molecule has 0 aliphatic rings. The van der Waals surface area contributed by atoms with Gasteiger partial charge in [-0.1, -0.05) is 0 Å². The molecule has 0 saturated heterocycles.